The van der Waals surface area contributed by atoms with Gasteiger partial charge in [-0.3, -0.25) is 4.79 Å². The number of carbonyl (C=O) groups is 1. The molecule has 8 aromatic rings. The van der Waals surface area contributed by atoms with Crippen molar-refractivity contribution in [2.24, 2.45) is 0 Å². The summed E-state index contributed by atoms with van der Waals surface area (Å²) in [5, 5.41) is 17.2. The zero-order chi connectivity index (χ0) is 34.8. The van der Waals surface area contributed by atoms with Gasteiger partial charge in [0, 0.05) is 75.1 Å². The summed E-state index contributed by atoms with van der Waals surface area (Å²) in [5.74, 6) is 0.344. The van der Waals surface area contributed by atoms with Crippen LogP contribution in [-0.4, -0.2) is 15.4 Å². The van der Waals surface area contributed by atoms with Gasteiger partial charge in [-0.2, -0.15) is 0 Å². The summed E-state index contributed by atoms with van der Waals surface area (Å²) in [6.45, 7) is 0. The molecule has 6 aromatic carbocycles. The Balaban J connectivity index is 0.880. The summed E-state index contributed by atoms with van der Waals surface area (Å²) in [4.78, 5) is 12.1. The number of quaternary nitrogens is 1. The molecule has 0 bridgehead atoms. The molecule has 0 spiro atoms. The third-order valence-corrected chi connectivity index (χ3v) is 10.8. The predicted molar refractivity (Wildman–Crippen MR) is 213 cm³/mol. The first kappa shape index (κ1) is 30.3. The Morgan fingerprint density at radius 2 is 1.31 bits per heavy atom. The summed E-state index contributed by atoms with van der Waals surface area (Å²) in [7, 11) is 0. The van der Waals surface area contributed by atoms with Gasteiger partial charge in [0.25, 0.3) is 0 Å². The highest BCUT2D eigenvalue weighted by atomic mass is 16.5. The molecule has 5 nitrogen and oxygen atoms in total. The van der Waals surface area contributed by atoms with Crippen LogP contribution < -0.4 is 5.06 Å². The van der Waals surface area contributed by atoms with E-state index < -0.39 is 0 Å². The van der Waals surface area contributed by atoms with Crippen molar-refractivity contribution in [1.29, 1.82) is 0 Å². The Kier molecular flexibility index (Phi) is 7.03. The Bertz CT molecular complexity index is 2740. The number of aromatic nitrogens is 2. The van der Waals surface area contributed by atoms with Gasteiger partial charge in [0.2, 0.25) is 0 Å². The zero-order valence-electron chi connectivity index (χ0n) is 28.2. The Hall–Kier alpha value is -6.53. The lowest BCUT2D eigenvalue weighted by Gasteiger charge is -2.22. The van der Waals surface area contributed by atoms with Crippen LogP contribution in [0.2, 0.25) is 0 Å². The van der Waals surface area contributed by atoms with E-state index in [2.05, 4.69) is 88.0 Å². The molecule has 248 valence electrons. The maximum absolute atomic E-state index is 13.5. The van der Waals surface area contributed by atoms with Gasteiger partial charge in [0.1, 0.15) is 11.4 Å². The zero-order valence-corrected chi connectivity index (χ0v) is 28.2. The number of para-hydroxylation sites is 3. The number of nitrogens with zero attached hydrogens (tertiary/aromatic N) is 2. The molecule has 2 aliphatic rings. The maximum atomic E-state index is 13.5. The van der Waals surface area contributed by atoms with Gasteiger partial charge in [-0.1, -0.05) is 72.8 Å². The molecule has 1 aliphatic carbocycles. The SMILES string of the molecule is O=C/C(=C\C=C\n1c2ccccc2c2ccccc21)c1ccc([NH+]([O-])c2ccc(-c3ccc4c(c3)C3CC=Cc5c3n-4c3ccccc53)cc2)cc1. The van der Waals surface area contributed by atoms with Crippen molar-refractivity contribution in [3.63, 3.8) is 0 Å². The van der Waals surface area contributed by atoms with Crippen LogP contribution in [-0.2, 0) is 4.79 Å². The van der Waals surface area contributed by atoms with Gasteiger partial charge in [-0.15, -0.1) is 0 Å². The van der Waals surface area contributed by atoms with E-state index in [9.17, 15) is 10.0 Å². The minimum Gasteiger partial charge on any atom is -0.623 e. The number of allylic oxidation sites excluding steroid dienone is 4. The summed E-state index contributed by atoms with van der Waals surface area (Å²) in [6, 6.07) is 47.2. The van der Waals surface area contributed by atoms with E-state index in [1.54, 1.807) is 12.1 Å². The second kappa shape index (κ2) is 12.1. The van der Waals surface area contributed by atoms with Crippen LogP contribution in [0.1, 0.15) is 34.7 Å². The number of fused-ring (bicyclic) bond motifs is 9. The number of aldehydes is 1. The van der Waals surface area contributed by atoms with Crippen molar-refractivity contribution < 1.29 is 9.86 Å². The molecule has 3 heterocycles. The van der Waals surface area contributed by atoms with Gasteiger partial charge in [0.15, 0.2) is 6.29 Å². The molecular weight excluding hydrogens is 639 g/mol. The Morgan fingerprint density at radius 1 is 0.692 bits per heavy atom. The lowest BCUT2D eigenvalue weighted by atomic mass is 9.86. The second-order valence-electron chi connectivity index (χ2n) is 13.6. The third-order valence-electron chi connectivity index (χ3n) is 10.8. The fourth-order valence-electron chi connectivity index (χ4n) is 8.33. The normalized spacial score (nSPS) is 15.5. The van der Waals surface area contributed by atoms with Gasteiger partial charge in [0.05, 0.1) is 16.6 Å². The molecular formula is C47H33N3O2. The highest BCUT2D eigenvalue weighted by Crippen LogP contribution is 2.49. The topological polar surface area (TPSA) is 54.4 Å². The first-order valence-electron chi connectivity index (χ1n) is 17.7. The van der Waals surface area contributed by atoms with Crippen molar-refractivity contribution in [3.05, 3.63) is 185 Å². The number of benzene rings is 6. The van der Waals surface area contributed by atoms with E-state index in [0.717, 1.165) is 40.4 Å². The van der Waals surface area contributed by atoms with Crippen LogP contribution in [0.4, 0.5) is 11.4 Å². The van der Waals surface area contributed by atoms with E-state index in [1.165, 1.54) is 44.2 Å². The number of rotatable bonds is 7. The smallest absolute Gasteiger partial charge is 0.150 e. The second-order valence-corrected chi connectivity index (χ2v) is 13.6. The van der Waals surface area contributed by atoms with Gasteiger partial charge in [-0.25, -0.2) is 0 Å². The van der Waals surface area contributed by atoms with E-state index in [-0.39, 0.29) is 5.06 Å². The fraction of sp³-hybridized carbons (Fsp3) is 0.0426. The minimum atomic E-state index is -0.0531. The number of nitrogens with one attached hydrogen (secondary N) is 1. The highest BCUT2D eigenvalue weighted by Gasteiger charge is 2.34. The van der Waals surface area contributed by atoms with Crippen LogP contribution in [0.15, 0.2) is 158 Å². The van der Waals surface area contributed by atoms with Crippen LogP contribution in [0.3, 0.4) is 0 Å². The summed E-state index contributed by atoms with van der Waals surface area (Å²) < 4.78 is 4.59. The van der Waals surface area contributed by atoms with E-state index in [4.69, 9.17) is 0 Å². The first-order chi connectivity index (χ1) is 25.7. The van der Waals surface area contributed by atoms with Crippen LogP contribution in [0.25, 0.3) is 67.4 Å². The summed E-state index contributed by atoms with van der Waals surface area (Å²) in [5.41, 5.74) is 13.6. The Labute approximate surface area is 300 Å². The standard InChI is InChI=1S/C47H33N3O2/c51-30-34(9-8-28-48-43-15-4-1-10-37(43)38-11-2-5-16-44(38)48)32-20-25-36(26-21-32)50(52)35-23-18-31(19-24-35)33-22-27-46-42(29-33)41-14-7-13-40-39-12-3-6-17-45(39)49(46)47(40)41/h1-13,15-30,41,50H,14H2/b28-8+,34-9+. The fourth-order valence-corrected chi connectivity index (χ4v) is 8.33. The first-order valence-corrected chi connectivity index (χ1v) is 17.7. The van der Waals surface area contributed by atoms with Crippen molar-refractivity contribution in [2.45, 2.75) is 12.3 Å². The highest BCUT2D eigenvalue weighted by molar-refractivity contribution is 6.10. The third kappa shape index (κ3) is 4.68. The minimum absolute atomic E-state index is 0.0531. The maximum Gasteiger partial charge on any atom is 0.150 e. The molecule has 52 heavy (non-hydrogen) atoms. The average Bonchev–Trinajstić information content (AvgIpc) is 3.84. The van der Waals surface area contributed by atoms with Crippen molar-refractivity contribution in [3.8, 4) is 16.8 Å². The quantitative estimate of drug-likeness (QED) is 0.0794. The monoisotopic (exact) mass is 671 g/mol. The van der Waals surface area contributed by atoms with E-state index >= 15 is 0 Å². The van der Waals surface area contributed by atoms with Crippen molar-refractivity contribution >= 4 is 68.2 Å². The van der Waals surface area contributed by atoms with Crippen LogP contribution >= 0.6 is 0 Å². The molecule has 0 radical (unpaired) electrons. The van der Waals surface area contributed by atoms with E-state index in [1.807, 2.05) is 79.0 Å². The molecule has 2 aromatic heterocycles. The average molecular weight is 672 g/mol. The number of hydrogen-bond acceptors (Lipinski definition) is 2. The molecule has 5 heteroatoms. The molecule has 0 fully saturated rings. The van der Waals surface area contributed by atoms with Gasteiger partial charge >= 0.3 is 0 Å². The lowest BCUT2D eigenvalue weighted by Crippen LogP contribution is -2.96. The molecule has 10 rings (SSSR count). The molecule has 2 atom stereocenters. The molecule has 0 saturated carbocycles. The van der Waals surface area contributed by atoms with Crippen molar-refractivity contribution in [1.82, 2.24) is 9.13 Å². The number of hydrogen-bond donors (Lipinski definition) is 1. The van der Waals surface area contributed by atoms with E-state index in [0.29, 0.717) is 22.9 Å². The van der Waals surface area contributed by atoms with Crippen molar-refractivity contribution in [2.75, 3.05) is 0 Å². The largest absolute Gasteiger partial charge is 0.623 e. The number of carbonyl (C=O) groups excluding carboxylic acids is 1. The molecule has 2 unspecified atom stereocenters. The van der Waals surface area contributed by atoms with Gasteiger partial charge in [-0.05, 0) is 95.4 Å². The molecule has 0 amide bonds. The predicted octanol–water partition coefficient (Wildman–Crippen LogP) is 10.4. The molecule has 1 N–H and O–H groups in total. The lowest BCUT2D eigenvalue weighted by molar-refractivity contribution is -0.698. The van der Waals surface area contributed by atoms with Crippen LogP contribution in [0.5, 0.6) is 0 Å². The summed E-state index contributed by atoms with van der Waals surface area (Å²) in [6.07, 6.45) is 12.1. The van der Waals surface area contributed by atoms with Crippen LogP contribution in [0, 0.1) is 5.21 Å². The summed E-state index contributed by atoms with van der Waals surface area (Å²) >= 11 is 0. The molecule has 0 saturated heterocycles. The molecule has 1 aliphatic heterocycles. The van der Waals surface area contributed by atoms with Gasteiger partial charge < -0.3 is 19.4 Å². The Morgan fingerprint density at radius 3 is 2.00 bits per heavy atom.